The molecule has 0 spiro atoms. The van der Waals surface area contributed by atoms with Crippen molar-refractivity contribution in [1.82, 2.24) is 4.90 Å². The summed E-state index contributed by atoms with van der Waals surface area (Å²) in [6.45, 7) is 15.0. The molecular formula is C11H25NO. The second-order valence-electron chi connectivity index (χ2n) is 4.47. The second kappa shape index (κ2) is 7.34. The van der Waals surface area contributed by atoms with Crippen LogP contribution in [0.25, 0.3) is 0 Å². The molecule has 1 saturated heterocycles. The van der Waals surface area contributed by atoms with E-state index in [0.717, 1.165) is 32.2 Å². The number of rotatable bonds is 1. The number of hydrogen-bond acceptors (Lipinski definition) is 2. The molecule has 0 radical (unpaired) electrons. The Morgan fingerprint density at radius 3 is 1.54 bits per heavy atom. The highest BCUT2D eigenvalue weighted by molar-refractivity contribution is 4.64. The summed E-state index contributed by atoms with van der Waals surface area (Å²) in [7, 11) is 0. The summed E-state index contributed by atoms with van der Waals surface area (Å²) in [4.78, 5) is 2.43. The minimum Gasteiger partial charge on any atom is -0.379 e. The summed E-state index contributed by atoms with van der Waals surface area (Å²) in [6.07, 6.45) is 0. The van der Waals surface area contributed by atoms with Crippen molar-refractivity contribution < 1.29 is 4.74 Å². The Bertz CT molecular complexity index is 104. The molecule has 0 amide bonds. The molecule has 0 saturated carbocycles. The lowest BCUT2D eigenvalue weighted by atomic mass is 10.3. The van der Waals surface area contributed by atoms with E-state index in [1.807, 2.05) is 0 Å². The van der Waals surface area contributed by atoms with Crippen LogP contribution >= 0.6 is 0 Å². The van der Waals surface area contributed by atoms with E-state index in [1.54, 1.807) is 0 Å². The van der Waals surface area contributed by atoms with Crippen LogP contribution in [0.2, 0.25) is 0 Å². The molecule has 2 heteroatoms. The maximum Gasteiger partial charge on any atom is 0.0594 e. The molecule has 0 aromatic carbocycles. The number of nitrogens with zero attached hydrogens (tertiary/aromatic N) is 1. The fourth-order valence-electron chi connectivity index (χ4n) is 1.09. The molecule has 2 nitrogen and oxygen atoms in total. The molecule has 0 atom stereocenters. The third-order valence-electron chi connectivity index (χ3n) is 1.78. The summed E-state index contributed by atoms with van der Waals surface area (Å²) in [5.41, 5.74) is 0. The molecule has 0 N–H and O–H groups in total. The molecule has 13 heavy (non-hydrogen) atoms. The Kier molecular flexibility index (Phi) is 7.29. The lowest BCUT2D eigenvalue weighted by Gasteiger charge is -2.29. The van der Waals surface area contributed by atoms with E-state index in [2.05, 4.69) is 39.5 Å². The smallest absolute Gasteiger partial charge is 0.0594 e. The molecule has 0 aliphatic carbocycles. The van der Waals surface area contributed by atoms with Crippen LogP contribution in [0.5, 0.6) is 0 Å². The van der Waals surface area contributed by atoms with Gasteiger partial charge in [-0.1, -0.05) is 20.8 Å². The zero-order valence-corrected chi connectivity index (χ0v) is 9.84. The van der Waals surface area contributed by atoms with Crippen LogP contribution in [-0.4, -0.2) is 37.2 Å². The molecule has 1 aliphatic rings. The van der Waals surface area contributed by atoms with Crippen molar-refractivity contribution >= 4 is 0 Å². The van der Waals surface area contributed by atoms with Crippen molar-refractivity contribution in [1.29, 1.82) is 0 Å². The minimum absolute atomic E-state index is 0.689. The van der Waals surface area contributed by atoms with Crippen LogP contribution in [0, 0.1) is 5.92 Å². The van der Waals surface area contributed by atoms with Crippen molar-refractivity contribution in [2.75, 3.05) is 26.3 Å². The van der Waals surface area contributed by atoms with Gasteiger partial charge < -0.3 is 4.74 Å². The first-order valence-electron chi connectivity index (χ1n) is 5.35. The van der Waals surface area contributed by atoms with Gasteiger partial charge in [-0.25, -0.2) is 0 Å². The number of morpholine rings is 1. The van der Waals surface area contributed by atoms with Crippen LogP contribution < -0.4 is 0 Å². The Labute approximate surface area is 83.3 Å². The van der Waals surface area contributed by atoms with Crippen LogP contribution in [0.4, 0.5) is 0 Å². The highest BCUT2D eigenvalue weighted by Crippen LogP contribution is 2.01. The average molecular weight is 187 g/mol. The Morgan fingerprint density at radius 1 is 0.923 bits per heavy atom. The largest absolute Gasteiger partial charge is 0.379 e. The minimum atomic E-state index is 0.689. The molecule has 1 rings (SSSR count). The summed E-state index contributed by atoms with van der Waals surface area (Å²) in [5, 5.41) is 0. The summed E-state index contributed by atoms with van der Waals surface area (Å²) in [6, 6.07) is 0.689. The molecule has 0 aromatic heterocycles. The summed E-state index contributed by atoms with van der Waals surface area (Å²) < 4.78 is 5.21. The summed E-state index contributed by atoms with van der Waals surface area (Å²) >= 11 is 0. The van der Waals surface area contributed by atoms with Crippen molar-refractivity contribution in [3.63, 3.8) is 0 Å². The predicted octanol–water partition coefficient (Wildman–Crippen LogP) is 2.39. The van der Waals surface area contributed by atoms with Crippen molar-refractivity contribution in [2.24, 2.45) is 5.92 Å². The van der Waals surface area contributed by atoms with Crippen LogP contribution in [0.1, 0.15) is 34.6 Å². The highest BCUT2D eigenvalue weighted by Gasteiger charge is 2.11. The number of ether oxygens (including phenoxy) is 1. The topological polar surface area (TPSA) is 12.5 Å². The van der Waals surface area contributed by atoms with Gasteiger partial charge in [0, 0.05) is 19.1 Å². The van der Waals surface area contributed by atoms with E-state index >= 15 is 0 Å². The van der Waals surface area contributed by atoms with Gasteiger partial charge in [-0.2, -0.15) is 0 Å². The first-order valence-corrected chi connectivity index (χ1v) is 5.35. The van der Waals surface area contributed by atoms with Gasteiger partial charge in [0.1, 0.15) is 0 Å². The quantitative estimate of drug-likeness (QED) is 0.625. The first-order chi connectivity index (χ1) is 6.04. The maximum atomic E-state index is 5.21. The van der Waals surface area contributed by atoms with Crippen molar-refractivity contribution in [3.05, 3.63) is 0 Å². The molecule has 1 heterocycles. The Hall–Kier alpha value is -0.0800. The van der Waals surface area contributed by atoms with Gasteiger partial charge >= 0.3 is 0 Å². The highest BCUT2D eigenvalue weighted by atomic mass is 16.5. The van der Waals surface area contributed by atoms with E-state index in [1.165, 1.54) is 0 Å². The zero-order chi connectivity index (χ0) is 10.3. The SMILES string of the molecule is CC(C)C.CC(C)N1CCOCC1. The van der Waals surface area contributed by atoms with Gasteiger partial charge in [0.15, 0.2) is 0 Å². The maximum absolute atomic E-state index is 5.21. The van der Waals surface area contributed by atoms with E-state index in [0.29, 0.717) is 6.04 Å². The third-order valence-corrected chi connectivity index (χ3v) is 1.78. The molecule has 0 unspecified atom stereocenters. The molecular weight excluding hydrogens is 162 g/mol. The van der Waals surface area contributed by atoms with Crippen LogP contribution in [0.3, 0.4) is 0 Å². The third kappa shape index (κ3) is 8.26. The standard InChI is InChI=1S/C7H15NO.C4H10/c1-7(2)8-3-5-9-6-4-8;1-4(2)3/h7H,3-6H2,1-2H3;4H,1-3H3. The van der Waals surface area contributed by atoms with Gasteiger partial charge in [-0.05, 0) is 19.8 Å². The monoisotopic (exact) mass is 187 g/mol. The van der Waals surface area contributed by atoms with E-state index < -0.39 is 0 Å². The molecule has 80 valence electrons. The van der Waals surface area contributed by atoms with E-state index in [4.69, 9.17) is 4.74 Å². The molecule has 0 aromatic rings. The van der Waals surface area contributed by atoms with Crippen molar-refractivity contribution in [2.45, 2.75) is 40.7 Å². The zero-order valence-electron chi connectivity index (χ0n) is 9.84. The Morgan fingerprint density at radius 2 is 1.31 bits per heavy atom. The van der Waals surface area contributed by atoms with Gasteiger partial charge in [0.05, 0.1) is 13.2 Å². The van der Waals surface area contributed by atoms with E-state index in [9.17, 15) is 0 Å². The van der Waals surface area contributed by atoms with E-state index in [-0.39, 0.29) is 0 Å². The second-order valence-corrected chi connectivity index (χ2v) is 4.47. The molecule has 1 fully saturated rings. The number of hydrogen-bond donors (Lipinski definition) is 0. The molecule has 0 bridgehead atoms. The lowest BCUT2D eigenvalue weighted by molar-refractivity contribution is 0.0238. The fourth-order valence-corrected chi connectivity index (χ4v) is 1.09. The normalized spacial score (nSPS) is 18.7. The average Bonchev–Trinajstić information content (AvgIpc) is 2.05. The van der Waals surface area contributed by atoms with Crippen LogP contribution in [0.15, 0.2) is 0 Å². The van der Waals surface area contributed by atoms with Gasteiger partial charge in [-0.15, -0.1) is 0 Å². The van der Waals surface area contributed by atoms with Gasteiger partial charge in [-0.3, -0.25) is 4.90 Å². The fraction of sp³-hybridized carbons (Fsp3) is 1.00. The van der Waals surface area contributed by atoms with Gasteiger partial charge in [0.25, 0.3) is 0 Å². The summed E-state index contributed by atoms with van der Waals surface area (Å²) in [5.74, 6) is 0.833. The van der Waals surface area contributed by atoms with Crippen LogP contribution in [-0.2, 0) is 4.74 Å². The Balaban J connectivity index is 0.000000310. The van der Waals surface area contributed by atoms with Gasteiger partial charge in [0.2, 0.25) is 0 Å². The lowest BCUT2D eigenvalue weighted by Crippen LogP contribution is -2.40. The van der Waals surface area contributed by atoms with Crippen molar-refractivity contribution in [3.8, 4) is 0 Å². The predicted molar refractivity (Wildman–Crippen MR) is 58.0 cm³/mol. The first kappa shape index (κ1) is 12.9. The molecule has 1 aliphatic heterocycles.